The number of benzene rings is 1. The number of aromatic nitrogens is 1. The first kappa shape index (κ1) is 16.1. The van der Waals surface area contributed by atoms with E-state index in [9.17, 15) is 18.0 Å². The van der Waals surface area contributed by atoms with Crippen LogP contribution in [0.1, 0.15) is 51.0 Å². The summed E-state index contributed by atoms with van der Waals surface area (Å²) in [5.74, 6) is -0.996. The van der Waals surface area contributed by atoms with E-state index in [1.54, 1.807) is 18.2 Å². The molecule has 1 fully saturated rings. The highest BCUT2D eigenvalue weighted by Gasteiger charge is 2.42. The Balaban J connectivity index is 1.66. The third-order valence-corrected chi connectivity index (χ3v) is 6.68. The van der Waals surface area contributed by atoms with Crippen molar-refractivity contribution in [1.29, 1.82) is 0 Å². The third-order valence-electron chi connectivity index (χ3n) is 4.90. The van der Waals surface area contributed by atoms with E-state index in [1.165, 1.54) is 12.1 Å². The van der Waals surface area contributed by atoms with Gasteiger partial charge in [0, 0.05) is 23.0 Å². The van der Waals surface area contributed by atoms with E-state index < -0.39 is 22.5 Å². The van der Waals surface area contributed by atoms with Crippen molar-refractivity contribution in [3.8, 4) is 0 Å². The molecule has 0 atom stereocenters. The fraction of sp³-hybridized carbons (Fsp3) is 0.333. The van der Waals surface area contributed by atoms with Crippen molar-refractivity contribution < 1.29 is 18.0 Å². The smallest absolute Gasteiger partial charge is 0.269 e. The second kappa shape index (κ2) is 5.29. The monoisotopic (exact) mass is 358 g/mol. The lowest BCUT2D eigenvalue weighted by atomic mass is 10.1. The normalized spacial score (nSPS) is 18.5. The highest BCUT2D eigenvalue weighted by atomic mass is 32.2. The minimum Gasteiger partial charge on any atom is -0.345 e. The van der Waals surface area contributed by atoms with Gasteiger partial charge in [-0.2, -0.15) is 0 Å². The van der Waals surface area contributed by atoms with Gasteiger partial charge in [-0.15, -0.1) is 0 Å². The van der Waals surface area contributed by atoms with Crippen LogP contribution in [0.5, 0.6) is 0 Å². The molecule has 1 aromatic carbocycles. The van der Waals surface area contributed by atoms with Crippen LogP contribution < -0.4 is 0 Å². The number of aryl methyl sites for hydroxylation is 1. The van der Waals surface area contributed by atoms with Crippen molar-refractivity contribution in [2.45, 2.75) is 37.6 Å². The fourth-order valence-electron chi connectivity index (χ4n) is 3.56. The Bertz CT molecular complexity index is 1020. The van der Waals surface area contributed by atoms with Gasteiger partial charge in [-0.05, 0) is 44.9 Å². The largest absolute Gasteiger partial charge is 0.345 e. The van der Waals surface area contributed by atoms with E-state index in [2.05, 4.69) is 4.57 Å². The molecule has 1 aliphatic carbocycles. The van der Waals surface area contributed by atoms with Crippen LogP contribution in [0.4, 0.5) is 0 Å². The number of fused-ring (bicyclic) bond motifs is 1. The molecule has 2 aliphatic rings. The second-order valence-corrected chi connectivity index (χ2v) is 8.45. The molecule has 6 nitrogen and oxygen atoms in total. The topological polar surface area (TPSA) is 76.5 Å². The Morgan fingerprint density at radius 2 is 1.88 bits per heavy atom. The lowest BCUT2D eigenvalue weighted by Crippen LogP contribution is -2.35. The van der Waals surface area contributed by atoms with Crippen molar-refractivity contribution in [2.24, 2.45) is 0 Å². The van der Waals surface area contributed by atoms with Gasteiger partial charge in [0.05, 0.1) is 5.56 Å². The summed E-state index contributed by atoms with van der Waals surface area (Å²) in [5.41, 5.74) is 2.44. The van der Waals surface area contributed by atoms with Gasteiger partial charge in [0.1, 0.15) is 11.4 Å². The lowest BCUT2D eigenvalue weighted by molar-refractivity contribution is 0.0820. The van der Waals surface area contributed by atoms with E-state index in [0.717, 1.165) is 24.2 Å². The molecule has 0 saturated heterocycles. The molecule has 1 aromatic heterocycles. The summed E-state index contributed by atoms with van der Waals surface area (Å²) in [5, 5.41) is 0. The number of nitrogens with zero attached hydrogens (tertiary/aromatic N) is 2. The van der Waals surface area contributed by atoms with E-state index in [4.69, 9.17) is 0 Å². The molecule has 0 spiro atoms. The standard InChI is InChI=1S/C18H18N2O4S/c1-11-9-15(12(2)20(11)13-7-8-13)16(21)10-19-18(22)14-5-3-4-6-17(14)25(19,23)24/h3-6,9,13H,7-8,10H2,1-2H3. The number of hydrogen-bond acceptors (Lipinski definition) is 4. The summed E-state index contributed by atoms with van der Waals surface area (Å²) < 4.78 is 28.0. The Labute approximate surface area is 146 Å². The van der Waals surface area contributed by atoms with Crippen LogP contribution in [0.2, 0.25) is 0 Å². The molecule has 4 rings (SSSR count). The molecule has 7 heteroatoms. The van der Waals surface area contributed by atoms with Gasteiger partial charge >= 0.3 is 0 Å². The van der Waals surface area contributed by atoms with Gasteiger partial charge in [-0.3, -0.25) is 9.59 Å². The van der Waals surface area contributed by atoms with Crippen molar-refractivity contribution in [2.75, 3.05) is 6.54 Å². The van der Waals surface area contributed by atoms with Crippen molar-refractivity contribution in [3.63, 3.8) is 0 Å². The predicted molar refractivity (Wildman–Crippen MR) is 91.2 cm³/mol. The number of ketones is 1. The predicted octanol–water partition coefficient (Wildman–Crippen LogP) is 2.47. The number of carbonyl (C=O) groups excluding carboxylic acids is 2. The van der Waals surface area contributed by atoms with Crippen LogP contribution in [0.15, 0.2) is 35.2 Å². The van der Waals surface area contributed by atoms with Crippen molar-refractivity contribution in [1.82, 2.24) is 8.87 Å². The molecule has 1 amide bonds. The number of hydrogen-bond donors (Lipinski definition) is 0. The van der Waals surface area contributed by atoms with Gasteiger partial charge in [-0.1, -0.05) is 12.1 Å². The zero-order valence-electron chi connectivity index (χ0n) is 14.0. The lowest BCUT2D eigenvalue weighted by Gasteiger charge is -2.14. The van der Waals surface area contributed by atoms with Crippen molar-refractivity contribution in [3.05, 3.63) is 52.8 Å². The third kappa shape index (κ3) is 2.33. The first-order chi connectivity index (χ1) is 11.8. The van der Waals surface area contributed by atoms with Gasteiger partial charge < -0.3 is 4.57 Å². The zero-order valence-corrected chi connectivity index (χ0v) is 14.8. The summed E-state index contributed by atoms with van der Waals surface area (Å²) in [6.45, 7) is 3.34. The number of rotatable bonds is 4. The molecule has 0 radical (unpaired) electrons. The van der Waals surface area contributed by atoms with Gasteiger partial charge in [0.2, 0.25) is 0 Å². The molecule has 130 valence electrons. The number of amides is 1. The minimum atomic E-state index is -3.96. The molecule has 25 heavy (non-hydrogen) atoms. The maximum Gasteiger partial charge on any atom is 0.269 e. The van der Waals surface area contributed by atoms with E-state index in [0.29, 0.717) is 15.9 Å². The summed E-state index contributed by atoms with van der Waals surface area (Å²) in [7, 11) is -3.96. The molecule has 0 N–H and O–H groups in total. The maximum atomic E-state index is 12.7. The van der Waals surface area contributed by atoms with Crippen LogP contribution in [0.3, 0.4) is 0 Å². The Morgan fingerprint density at radius 1 is 1.20 bits per heavy atom. The number of Topliss-reactive ketones (excluding diaryl/α,β-unsaturated/α-hetero) is 1. The van der Waals surface area contributed by atoms with Crippen LogP contribution in [-0.4, -0.2) is 35.5 Å². The average Bonchev–Trinajstić information content (AvgIpc) is 3.33. The summed E-state index contributed by atoms with van der Waals surface area (Å²) in [4.78, 5) is 25.2. The first-order valence-corrected chi connectivity index (χ1v) is 9.64. The minimum absolute atomic E-state index is 0.0312. The van der Waals surface area contributed by atoms with Gasteiger partial charge in [-0.25, -0.2) is 12.7 Å². The van der Waals surface area contributed by atoms with E-state index in [-0.39, 0.29) is 16.2 Å². The highest BCUT2D eigenvalue weighted by Crippen LogP contribution is 2.38. The average molecular weight is 358 g/mol. The maximum absolute atomic E-state index is 12.7. The molecule has 2 heterocycles. The zero-order chi connectivity index (χ0) is 17.9. The molecule has 0 unspecified atom stereocenters. The highest BCUT2D eigenvalue weighted by molar-refractivity contribution is 7.90. The van der Waals surface area contributed by atoms with Crippen LogP contribution in [-0.2, 0) is 10.0 Å². The quantitative estimate of drug-likeness (QED) is 0.787. The van der Waals surface area contributed by atoms with Crippen LogP contribution >= 0.6 is 0 Å². The first-order valence-electron chi connectivity index (χ1n) is 8.20. The summed E-state index contributed by atoms with van der Waals surface area (Å²) >= 11 is 0. The Hall–Kier alpha value is -2.41. The molecular formula is C18H18N2O4S. The number of carbonyl (C=O) groups is 2. The fourth-order valence-corrected chi connectivity index (χ4v) is 5.08. The van der Waals surface area contributed by atoms with Crippen molar-refractivity contribution >= 4 is 21.7 Å². The van der Waals surface area contributed by atoms with Gasteiger partial charge in [0.15, 0.2) is 5.78 Å². The van der Waals surface area contributed by atoms with Gasteiger partial charge in [0.25, 0.3) is 15.9 Å². The molecular weight excluding hydrogens is 340 g/mol. The summed E-state index contributed by atoms with van der Waals surface area (Å²) in [6, 6.07) is 8.27. The summed E-state index contributed by atoms with van der Waals surface area (Å²) in [6.07, 6.45) is 2.19. The molecule has 1 aliphatic heterocycles. The van der Waals surface area contributed by atoms with E-state index in [1.807, 2.05) is 13.8 Å². The molecule has 1 saturated carbocycles. The SMILES string of the molecule is Cc1cc(C(=O)CN2C(=O)c3ccccc3S2(=O)=O)c(C)n1C1CC1. The van der Waals surface area contributed by atoms with Crippen LogP contribution in [0, 0.1) is 13.8 Å². The Morgan fingerprint density at radius 3 is 2.52 bits per heavy atom. The second-order valence-electron chi connectivity index (χ2n) is 6.62. The molecule has 2 aromatic rings. The van der Waals surface area contributed by atoms with E-state index >= 15 is 0 Å². The molecule has 0 bridgehead atoms. The Kier molecular flexibility index (Phi) is 3.40. The number of sulfonamides is 1. The van der Waals surface area contributed by atoms with Crippen LogP contribution in [0.25, 0.3) is 0 Å².